The summed E-state index contributed by atoms with van der Waals surface area (Å²) in [4.78, 5) is 4.39. The molecule has 2 heterocycles. The average molecular weight is 251 g/mol. The number of nitrogens with one attached hydrogen (secondary N) is 1. The summed E-state index contributed by atoms with van der Waals surface area (Å²) < 4.78 is 8.15. The first-order chi connectivity index (χ1) is 8.73. The molecule has 4 nitrogen and oxygen atoms in total. The second-order valence-electron chi connectivity index (χ2n) is 5.11. The van der Waals surface area contributed by atoms with Gasteiger partial charge in [-0.3, -0.25) is 0 Å². The highest BCUT2D eigenvalue weighted by molar-refractivity contribution is 5.28. The molecule has 0 spiro atoms. The third kappa shape index (κ3) is 2.69. The van der Waals surface area contributed by atoms with Crippen molar-refractivity contribution >= 4 is 5.95 Å². The highest BCUT2D eigenvalue weighted by atomic mass is 16.5. The van der Waals surface area contributed by atoms with Gasteiger partial charge >= 0.3 is 0 Å². The Morgan fingerprint density at radius 1 is 1.44 bits per heavy atom. The van der Waals surface area contributed by atoms with Crippen LogP contribution in [-0.2, 0) is 11.3 Å². The van der Waals surface area contributed by atoms with Crippen LogP contribution in [0, 0.1) is 0 Å². The molecule has 1 aromatic rings. The number of aromatic nitrogens is 2. The van der Waals surface area contributed by atoms with Gasteiger partial charge in [0.2, 0.25) is 5.95 Å². The van der Waals surface area contributed by atoms with Crippen molar-refractivity contribution in [2.45, 2.75) is 64.6 Å². The van der Waals surface area contributed by atoms with Crippen molar-refractivity contribution in [3.63, 3.8) is 0 Å². The van der Waals surface area contributed by atoms with Gasteiger partial charge in [-0.25, -0.2) is 4.98 Å². The summed E-state index contributed by atoms with van der Waals surface area (Å²) >= 11 is 0. The van der Waals surface area contributed by atoms with Crippen LogP contribution in [0.3, 0.4) is 0 Å². The number of rotatable bonds is 5. The zero-order valence-corrected chi connectivity index (χ0v) is 11.8. The molecule has 0 saturated carbocycles. The minimum Gasteiger partial charge on any atom is -0.375 e. The van der Waals surface area contributed by atoms with E-state index in [-0.39, 0.29) is 5.60 Å². The Balaban J connectivity index is 2.01. The number of hydrogen-bond donors (Lipinski definition) is 1. The van der Waals surface area contributed by atoms with Gasteiger partial charge in [0.05, 0.1) is 5.60 Å². The van der Waals surface area contributed by atoms with Crippen LogP contribution in [0.4, 0.5) is 5.95 Å². The molecule has 0 radical (unpaired) electrons. The van der Waals surface area contributed by atoms with E-state index in [2.05, 4.69) is 35.6 Å². The minimum absolute atomic E-state index is 0.0690. The molecule has 2 rings (SSSR count). The molecule has 0 bridgehead atoms. The van der Waals surface area contributed by atoms with Crippen molar-refractivity contribution in [3.05, 3.63) is 12.4 Å². The van der Waals surface area contributed by atoms with Gasteiger partial charge in [0, 0.05) is 31.6 Å². The van der Waals surface area contributed by atoms with Gasteiger partial charge in [0.1, 0.15) is 0 Å². The van der Waals surface area contributed by atoms with Crippen LogP contribution < -0.4 is 5.32 Å². The van der Waals surface area contributed by atoms with Gasteiger partial charge < -0.3 is 14.6 Å². The van der Waals surface area contributed by atoms with Crippen molar-refractivity contribution in [1.29, 1.82) is 0 Å². The zero-order valence-electron chi connectivity index (χ0n) is 11.8. The number of aryl methyl sites for hydroxylation is 1. The lowest BCUT2D eigenvalue weighted by atomic mass is 9.86. The number of nitrogens with zero attached hydrogens (tertiary/aromatic N) is 2. The molecule has 102 valence electrons. The maximum atomic E-state index is 6.00. The largest absolute Gasteiger partial charge is 0.375 e. The van der Waals surface area contributed by atoms with Crippen LogP contribution in [0.1, 0.15) is 46.5 Å². The van der Waals surface area contributed by atoms with E-state index in [9.17, 15) is 0 Å². The third-order valence-electron chi connectivity index (χ3n) is 4.17. The van der Waals surface area contributed by atoms with Crippen LogP contribution in [0.25, 0.3) is 0 Å². The number of imidazole rings is 1. The normalized spacial score (nSPS) is 22.9. The van der Waals surface area contributed by atoms with Gasteiger partial charge in [0.15, 0.2) is 0 Å². The average Bonchev–Trinajstić information content (AvgIpc) is 2.86. The van der Waals surface area contributed by atoms with Crippen LogP contribution in [0.5, 0.6) is 0 Å². The Morgan fingerprint density at radius 2 is 2.22 bits per heavy atom. The Kier molecular flexibility index (Phi) is 4.27. The number of hydrogen-bond acceptors (Lipinski definition) is 3. The van der Waals surface area contributed by atoms with Crippen LogP contribution in [0.15, 0.2) is 12.4 Å². The molecule has 1 saturated heterocycles. The Labute approximate surface area is 110 Å². The lowest BCUT2D eigenvalue weighted by Gasteiger charge is -2.40. The molecule has 4 heteroatoms. The van der Waals surface area contributed by atoms with E-state index in [1.807, 2.05) is 12.4 Å². The highest BCUT2D eigenvalue weighted by Crippen LogP contribution is 2.32. The fourth-order valence-corrected chi connectivity index (χ4v) is 2.78. The molecule has 1 aliphatic rings. The second kappa shape index (κ2) is 5.74. The molecule has 0 amide bonds. The fourth-order valence-electron chi connectivity index (χ4n) is 2.78. The molecule has 0 aromatic carbocycles. The van der Waals surface area contributed by atoms with Crippen LogP contribution >= 0.6 is 0 Å². The minimum atomic E-state index is 0.0690. The maximum absolute atomic E-state index is 6.00. The first-order valence-electron chi connectivity index (χ1n) is 7.14. The lowest BCUT2D eigenvalue weighted by molar-refractivity contribution is -0.0865. The van der Waals surface area contributed by atoms with Gasteiger partial charge in [-0.15, -0.1) is 0 Å². The van der Waals surface area contributed by atoms with E-state index in [1.165, 1.54) is 0 Å². The van der Waals surface area contributed by atoms with Crippen LogP contribution in [0.2, 0.25) is 0 Å². The number of ether oxygens (including phenoxy) is 1. The quantitative estimate of drug-likeness (QED) is 0.874. The monoisotopic (exact) mass is 251 g/mol. The Morgan fingerprint density at radius 3 is 2.89 bits per heavy atom. The Bertz CT molecular complexity index is 371. The van der Waals surface area contributed by atoms with Crippen LogP contribution in [-0.4, -0.2) is 27.8 Å². The van der Waals surface area contributed by atoms with Gasteiger partial charge in [-0.1, -0.05) is 13.8 Å². The van der Waals surface area contributed by atoms with E-state index in [1.54, 1.807) is 0 Å². The molecule has 18 heavy (non-hydrogen) atoms. The van der Waals surface area contributed by atoms with Gasteiger partial charge in [-0.2, -0.15) is 0 Å². The molecular weight excluding hydrogens is 226 g/mol. The van der Waals surface area contributed by atoms with E-state index in [0.29, 0.717) is 6.04 Å². The highest BCUT2D eigenvalue weighted by Gasteiger charge is 2.34. The smallest absolute Gasteiger partial charge is 0.202 e. The maximum Gasteiger partial charge on any atom is 0.202 e. The van der Waals surface area contributed by atoms with E-state index >= 15 is 0 Å². The molecule has 1 aliphatic heterocycles. The predicted molar refractivity (Wildman–Crippen MR) is 73.8 cm³/mol. The van der Waals surface area contributed by atoms with E-state index in [4.69, 9.17) is 4.74 Å². The molecule has 1 fully saturated rings. The van der Waals surface area contributed by atoms with Crippen molar-refractivity contribution in [3.8, 4) is 0 Å². The second-order valence-corrected chi connectivity index (χ2v) is 5.11. The van der Waals surface area contributed by atoms with E-state index in [0.717, 1.165) is 44.8 Å². The standard InChI is InChI=1S/C14H25N3O/c1-4-14(5-2)11-12(7-10-18-14)16-13-15-8-9-17(13)6-3/h8-9,12H,4-7,10-11H2,1-3H3,(H,15,16). The summed E-state index contributed by atoms with van der Waals surface area (Å²) in [5.41, 5.74) is 0.0690. The topological polar surface area (TPSA) is 39.1 Å². The fraction of sp³-hybridized carbons (Fsp3) is 0.786. The molecule has 1 atom stereocenters. The molecule has 1 aromatic heterocycles. The van der Waals surface area contributed by atoms with Crippen molar-refractivity contribution < 1.29 is 4.74 Å². The van der Waals surface area contributed by atoms with E-state index < -0.39 is 0 Å². The third-order valence-corrected chi connectivity index (χ3v) is 4.17. The van der Waals surface area contributed by atoms with Crippen molar-refractivity contribution in [1.82, 2.24) is 9.55 Å². The molecular formula is C14H25N3O. The SMILES string of the molecule is CCn1ccnc1NC1CCOC(CC)(CC)C1. The molecule has 1 N–H and O–H groups in total. The number of anilines is 1. The van der Waals surface area contributed by atoms with Gasteiger partial charge in [-0.05, 0) is 32.6 Å². The van der Waals surface area contributed by atoms with Crippen molar-refractivity contribution in [2.75, 3.05) is 11.9 Å². The summed E-state index contributed by atoms with van der Waals surface area (Å²) in [6.45, 7) is 8.39. The lowest BCUT2D eigenvalue weighted by Crippen LogP contribution is -2.44. The molecule has 0 aliphatic carbocycles. The Hall–Kier alpha value is -1.03. The summed E-state index contributed by atoms with van der Waals surface area (Å²) in [5.74, 6) is 0.991. The predicted octanol–water partition coefficient (Wildman–Crippen LogP) is 3.05. The summed E-state index contributed by atoms with van der Waals surface area (Å²) in [7, 11) is 0. The zero-order chi connectivity index (χ0) is 13.0. The summed E-state index contributed by atoms with van der Waals surface area (Å²) in [5, 5.41) is 3.58. The van der Waals surface area contributed by atoms with Gasteiger partial charge in [0.25, 0.3) is 0 Å². The first kappa shape index (κ1) is 13.4. The van der Waals surface area contributed by atoms with Crippen molar-refractivity contribution in [2.24, 2.45) is 0 Å². The summed E-state index contributed by atoms with van der Waals surface area (Å²) in [6.07, 6.45) is 8.20. The first-order valence-corrected chi connectivity index (χ1v) is 7.14. The summed E-state index contributed by atoms with van der Waals surface area (Å²) in [6, 6.07) is 0.478. The molecule has 1 unspecified atom stereocenters.